The molecule has 5 aliphatic heterocycles. The van der Waals surface area contributed by atoms with Crippen LogP contribution in [-0.4, -0.2) is 237 Å². The zero-order valence-corrected chi connectivity index (χ0v) is 61.2. The predicted octanol–water partition coefficient (Wildman–Crippen LogP) is -1.20. The number of nitrogens with two attached hydrogens (primary N) is 2. The Morgan fingerprint density at radius 2 is 1.02 bits per heavy atom. The first-order valence-electron chi connectivity index (χ1n) is 35.2. The van der Waals surface area contributed by atoms with Gasteiger partial charge >= 0.3 is 0 Å². The van der Waals surface area contributed by atoms with Gasteiger partial charge in [-0.1, -0.05) is 110 Å². The Morgan fingerprint density at radius 3 is 1.59 bits per heavy atom. The van der Waals surface area contributed by atoms with Gasteiger partial charge in [-0.05, 0) is 108 Å². The molecule has 0 aliphatic carbocycles. The van der Waals surface area contributed by atoms with Crippen molar-refractivity contribution < 1.29 is 72.5 Å². The van der Waals surface area contributed by atoms with Crippen LogP contribution in [0, 0.1) is 23.2 Å². The zero-order chi connectivity index (χ0) is 73.6. The van der Waals surface area contributed by atoms with Crippen LogP contribution in [0.25, 0.3) is 0 Å². The second kappa shape index (κ2) is 38.7. The van der Waals surface area contributed by atoms with Gasteiger partial charge in [0.25, 0.3) is 0 Å². The summed E-state index contributed by atoms with van der Waals surface area (Å²) in [6.07, 6.45) is 4.33. The molecule has 0 unspecified atom stereocenters. The number of hydrogen-bond acceptors (Lipinski definition) is 18. The lowest BCUT2D eigenvalue weighted by Gasteiger charge is -2.37. The van der Waals surface area contributed by atoms with Gasteiger partial charge in [-0.3, -0.25) is 67.3 Å². The molecule has 0 spiro atoms. The number of aliphatic hydroxyl groups excluding tert-OH is 2. The number of fused-ring (bicyclic) bond motifs is 8. The van der Waals surface area contributed by atoms with Crippen molar-refractivity contribution in [3.8, 4) is 0 Å². The van der Waals surface area contributed by atoms with Crippen LogP contribution < -0.4 is 64.6 Å². The molecule has 558 valence electrons. The monoisotopic (exact) mass is 1430 g/mol. The van der Waals surface area contributed by atoms with Gasteiger partial charge in [0.15, 0.2) is 5.96 Å². The number of guanidine groups is 1. The Hall–Kier alpha value is -7.00. The SMILES string of the molecule is CC[C@H](C)[C@@H]1NC(=O)CCCCCNC(=O)[C@@H]2CCCN2C(=O)[C@H]([C@@H](C)CC)NC(=O)[C@H]2NC(=O)[C@H]([C@@H](C)CC)NC(=O)[C@@H]3CCCN3C(=O)[C@@H]3CCCN3C(=O)[C@H](CC(C)(C)C)NC(=O)[C@H](CO)NC(=O)[C@H](CCCN=C(N)N)NC(=O)[C@H](CO)NC(=O)[C@H](CSSC2(C)C)NC1=O. The van der Waals surface area contributed by atoms with Crippen molar-refractivity contribution in [3.05, 3.63) is 0 Å². The maximum absolute atomic E-state index is 15.5. The van der Waals surface area contributed by atoms with E-state index in [1.807, 2.05) is 27.7 Å². The average molecular weight is 1430 g/mol. The van der Waals surface area contributed by atoms with Crippen molar-refractivity contribution in [1.29, 1.82) is 0 Å². The summed E-state index contributed by atoms with van der Waals surface area (Å²) in [5.41, 5.74) is 10.5. The highest BCUT2D eigenvalue weighted by atomic mass is 33.1. The van der Waals surface area contributed by atoms with Crippen molar-refractivity contribution in [3.63, 3.8) is 0 Å². The van der Waals surface area contributed by atoms with E-state index in [2.05, 4.69) is 58.2 Å². The fourth-order valence-corrected chi connectivity index (χ4v) is 15.6. The molecule has 5 heterocycles. The highest BCUT2D eigenvalue weighted by Gasteiger charge is 2.48. The van der Waals surface area contributed by atoms with Gasteiger partial charge in [-0.15, -0.1) is 0 Å². The molecule has 5 aliphatic rings. The van der Waals surface area contributed by atoms with E-state index in [1.165, 1.54) is 14.7 Å². The van der Waals surface area contributed by atoms with Gasteiger partial charge < -0.3 is 89.5 Å². The van der Waals surface area contributed by atoms with Crippen LogP contribution in [-0.2, 0) is 62.3 Å². The Labute approximate surface area is 589 Å². The Balaban J connectivity index is 1.69. The summed E-state index contributed by atoms with van der Waals surface area (Å²) in [6.45, 7) is 17.9. The normalized spacial score (nSPS) is 29.8. The number of hydrogen-bond donors (Lipinski definition) is 14. The van der Waals surface area contributed by atoms with Crippen molar-refractivity contribution in [1.82, 2.24) is 67.9 Å². The molecule has 5 rings (SSSR count). The molecule has 2 bridgehead atoms. The first-order valence-corrected chi connectivity index (χ1v) is 37.5. The molecule has 16 N–H and O–H groups in total. The van der Waals surface area contributed by atoms with E-state index in [0.29, 0.717) is 64.2 Å². The van der Waals surface area contributed by atoms with Gasteiger partial charge in [0, 0.05) is 49.6 Å². The lowest BCUT2D eigenvalue weighted by atomic mass is 9.87. The minimum Gasteiger partial charge on any atom is -0.394 e. The third-order valence-corrected chi connectivity index (χ3v) is 22.6. The van der Waals surface area contributed by atoms with Crippen molar-refractivity contribution >= 4 is 104 Å². The van der Waals surface area contributed by atoms with Crippen molar-refractivity contribution in [2.24, 2.45) is 39.6 Å². The molecule has 99 heavy (non-hydrogen) atoms. The molecule has 5 fully saturated rings. The summed E-state index contributed by atoms with van der Waals surface area (Å²) < 4.78 is -1.45. The largest absolute Gasteiger partial charge is 0.394 e. The van der Waals surface area contributed by atoms with E-state index in [1.54, 1.807) is 48.5 Å². The van der Waals surface area contributed by atoms with Crippen LogP contribution in [0.15, 0.2) is 4.99 Å². The van der Waals surface area contributed by atoms with Crippen molar-refractivity contribution in [2.45, 2.75) is 256 Å². The molecule has 13 amide bonds. The Kier molecular flexibility index (Phi) is 32.3. The van der Waals surface area contributed by atoms with E-state index in [0.717, 1.165) is 21.6 Å². The van der Waals surface area contributed by atoms with Crippen LogP contribution in [0.2, 0.25) is 0 Å². The van der Waals surface area contributed by atoms with Crippen LogP contribution in [0.1, 0.15) is 179 Å². The van der Waals surface area contributed by atoms with Crippen LogP contribution in [0.4, 0.5) is 0 Å². The van der Waals surface area contributed by atoms with Crippen LogP contribution in [0.5, 0.6) is 0 Å². The highest BCUT2D eigenvalue weighted by Crippen LogP contribution is 2.39. The zero-order valence-electron chi connectivity index (χ0n) is 59.6. The number of nitrogens with one attached hydrogen (secondary N) is 10. The summed E-state index contributed by atoms with van der Waals surface area (Å²) in [7, 11) is 1.95. The highest BCUT2D eigenvalue weighted by molar-refractivity contribution is 8.77. The topological polar surface area (TPSA) is 457 Å². The van der Waals surface area contributed by atoms with Gasteiger partial charge in [0.1, 0.15) is 72.5 Å². The number of carbonyl (C=O) groups is 13. The third kappa shape index (κ3) is 23.5. The molecule has 0 aromatic rings. The second-order valence-electron chi connectivity index (χ2n) is 28.6. The smallest absolute Gasteiger partial charge is 0.246 e. The predicted molar refractivity (Wildman–Crippen MR) is 374 cm³/mol. The number of rotatable bonds is 13. The average Bonchev–Trinajstić information content (AvgIpc) is 1.72. The minimum atomic E-state index is -1.84. The van der Waals surface area contributed by atoms with Gasteiger partial charge in [-0.25, -0.2) is 0 Å². The molecule has 15 atom stereocenters. The third-order valence-electron chi connectivity index (χ3n) is 19.3. The van der Waals surface area contributed by atoms with E-state index < -0.39 is 185 Å². The molecule has 31 nitrogen and oxygen atoms in total. The van der Waals surface area contributed by atoms with E-state index in [9.17, 15) is 63.0 Å². The van der Waals surface area contributed by atoms with Crippen molar-refractivity contribution in [2.75, 3.05) is 51.7 Å². The fraction of sp³-hybridized carbons (Fsp3) is 0.788. The lowest BCUT2D eigenvalue weighted by Crippen LogP contribution is -2.64. The minimum absolute atomic E-state index is 0.00218. The standard InChI is InChI=1S/C66H112N16O15S2/c1-12-36(4)48-58(92)75-43-35-98-99-66(10,11)51(60(94)78-50(38(6)14-3)63(97)81-30-19-23-44(81)56(90)69-27-17-15-16-26-47(85)76-48)79-59(93)49(37(5)13-2)77-57(91)45-24-20-29-80(45)62(96)46-25-21-31-82(46)61(95)40(32-65(7,8)9)72-54(88)42(34-84)73-52(86)39(22-18-28-70-64(67)68)71-53(87)41(33-83)74-55(43)89/h36-46,48-51,83-84H,12-35H2,1-11H3,(H,69,90)(H,71,87)(H,72,88)(H,73,86)(H,74,89)(H,75,92)(H,76,85)(H,77,91)(H,78,94)(H,79,93)(H4,67,68,70)/t36-,37-,38-,39-,40-,41-,42-,43-,44-,45-,46-,48-,49-,50-,51+/m0/s1. The second-order valence-corrected chi connectivity index (χ2v) is 31.6. The van der Waals surface area contributed by atoms with E-state index >= 15 is 9.59 Å². The maximum Gasteiger partial charge on any atom is 0.246 e. The summed E-state index contributed by atoms with van der Waals surface area (Å²) in [6, 6.07) is -16.5. The van der Waals surface area contributed by atoms with Crippen LogP contribution >= 0.6 is 21.6 Å². The number of aliphatic imine (C=N–C) groups is 1. The molecular formula is C66H112N16O15S2. The van der Waals surface area contributed by atoms with Crippen LogP contribution in [0.3, 0.4) is 0 Å². The number of nitrogens with zero attached hydrogens (tertiary/aromatic N) is 4. The molecule has 0 radical (unpaired) electrons. The molecule has 33 heteroatoms. The molecular weight excluding hydrogens is 1320 g/mol. The first kappa shape index (κ1) is 82.7. The summed E-state index contributed by atoms with van der Waals surface area (Å²) in [5.74, 6) is -12.1. The number of amides is 13. The molecule has 0 aromatic carbocycles. The summed E-state index contributed by atoms with van der Waals surface area (Å²) in [5, 5.41) is 49.0. The Morgan fingerprint density at radius 1 is 0.535 bits per heavy atom. The lowest BCUT2D eigenvalue weighted by molar-refractivity contribution is -0.148. The van der Waals surface area contributed by atoms with Gasteiger partial charge in [0.05, 0.1) is 13.2 Å². The fourth-order valence-electron chi connectivity index (χ4n) is 12.8. The Bertz CT molecular complexity index is 2900. The number of carbonyl (C=O) groups excluding carboxylic acids is 13. The maximum atomic E-state index is 15.5. The van der Waals surface area contributed by atoms with E-state index in [-0.39, 0.29) is 88.9 Å². The van der Waals surface area contributed by atoms with Gasteiger partial charge in [-0.2, -0.15) is 0 Å². The summed E-state index contributed by atoms with van der Waals surface area (Å²) >= 11 is 0. The molecule has 0 saturated carbocycles. The van der Waals surface area contributed by atoms with E-state index in [4.69, 9.17) is 11.5 Å². The number of aliphatic hydroxyl groups is 2. The summed E-state index contributed by atoms with van der Waals surface area (Å²) in [4.78, 5) is 199. The van der Waals surface area contributed by atoms with Gasteiger partial charge in [0.2, 0.25) is 76.8 Å². The molecule has 5 saturated heterocycles. The molecule has 0 aromatic heterocycles. The first-order chi connectivity index (χ1) is 46.7. The quantitative estimate of drug-likeness (QED) is 0.0446.